The lowest BCUT2D eigenvalue weighted by molar-refractivity contribution is 0.118. The second kappa shape index (κ2) is 54.2. The molecule has 1 aliphatic heterocycles. The van der Waals surface area contributed by atoms with E-state index in [1.807, 2.05) is 176 Å². The quantitative estimate of drug-likeness (QED) is 0.0544. The van der Waals surface area contributed by atoms with Crippen LogP contribution in [0.25, 0.3) is 0 Å². The number of allylic oxidation sites excluding steroid dienone is 1. The fourth-order valence-corrected chi connectivity index (χ4v) is 4.24. The molecule has 0 fully saturated rings. The summed E-state index contributed by atoms with van der Waals surface area (Å²) in [5, 5.41) is 34.8. The van der Waals surface area contributed by atoms with Crippen LogP contribution in [0.4, 0.5) is 17.1 Å². The molecule has 7 aromatic rings. The van der Waals surface area contributed by atoms with E-state index in [0.717, 1.165) is 89.7 Å². The van der Waals surface area contributed by atoms with Crippen molar-refractivity contribution < 1.29 is 20.4 Å². The molecule has 4 aromatic carbocycles. The van der Waals surface area contributed by atoms with Crippen molar-refractivity contribution in [2.75, 3.05) is 50.0 Å². The van der Waals surface area contributed by atoms with Gasteiger partial charge in [0, 0.05) is 55.1 Å². The zero-order valence-corrected chi connectivity index (χ0v) is 50.0. The molecular formula is C61H99N13O4S. The lowest BCUT2D eigenvalue weighted by Crippen LogP contribution is -2.46. The van der Waals surface area contributed by atoms with Gasteiger partial charge in [0.1, 0.15) is 17.8 Å². The van der Waals surface area contributed by atoms with Crippen molar-refractivity contribution in [3.63, 3.8) is 0 Å². The molecular weight excluding hydrogens is 1010 g/mol. The number of aryl methyl sites for hydroxylation is 7. The third-order valence-electron chi connectivity index (χ3n) is 9.91. The lowest BCUT2D eigenvalue weighted by Gasteiger charge is -2.21. The van der Waals surface area contributed by atoms with E-state index in [1.54, 1.807) is 43.3 Å². The summed E-state index contributed by atoms with van der Waals surface area (Å²) in [5.74, 6) is 0.736. The highest BCUT2D eigenvalue weighted by molar-refractivity contribution is 7.80. The van der Waals surface area contributed by atoms with Gasteiger partial charge in [-0.05, 0) is 146 Å². The van der Waals surface area contributed by atoms with Crippen LogP contribution in [0, 0.1) is 41.5 Å². The molecule has 438 valence electrons. The molecule has 18 N–H and O–H groups in total. The van der Waals surface area contributed by atoms with Gasteiger partial charge in [0.25, 0.3) is 0 Å². The number of nitrogens with two attached hydrogens (primary N) is 7. The average molecular weight is 1110 g/mol. The van der Waals surface area contributed by atoms with Gasteiger partial charge in [-0.15, -0.1) is 12.6 Å². The van der Waals surface area contributed by atoms with Gasteiger partial charge < -0.3 is 65.1 Å². The molecule has 0 atom stereocenters. The van der Waals surface area contributed by atoms with Crippen molar-refractivity contribution in [1.29, 1.82) is 0 Å². The van der Waals surface area contributed by atoms with E-state index in [9.17, 15) is 0 Å². The number of pyridine rings is 1. The maximum absolute atomic E-state index is 8.92. The van der Waals surface area contributed by atoms with Crippen LogP contribution in [-0.4, -0.2) is 89.5 Å². The highest BCUT2D eigenvalue weighted by Gasteiger charge is 2.19. The Bertz CT molecular complexity index is 2010. The van der Waals surface area contributed by atoms with E-state index in [-0.39, 0.29) is 13.2 Å². The summed E-state index contributed by atoms with van der Waals surface area (Å²) in [6.45, 7) is 21.7. The fourth-order valence-electron chi connectivity index (χ4n) is 4.08. The molecule has 0 unspecified atom stereocenters. The van der Waals surface area contributed by atoms with Crippen molar-refractivity contribution >= 4 is 35.9 Å². The van der Waals surface area contributed by atoms with Crippen LogP contribution in [0.1, 0.15) is 93.4 Å². The Balaban J connectivity index is -0.000000392. The number of rotatable bonds is 6. The fraction of sp³-hybridized carbons (Fsp3) is 0.361. The Morgan fingerprint density at radius 1 is 0.570 bits per heavy atom. The van der Waals surface area contributed by atoms with E-state index in [4.69, 9.17) is 60.6 Å². The molecule has 0 saturated heterocycles. The molecule has 0 saturated carbocycles. The number of nitrogens with zero attached hydrogens (tertiary/aromatic N) is 6. The average Bonchev–Trinajstić information content (AvgIpc) is 4.23. The molecule has 0 spiro atoms. The van der Waals surface area contributed by atoms with Crippen LogP contribution in [-0.2, 0) is 7.05 Å². The summed E-state index contributed by atoms with van der Waals surface area (Å²) in [6.07, 6.45) is 20.8. The number of aromatic hydroxyl groups is 2. The molecule has 8 rings (SSSR count). The highest BCUT2D eigenvalue weighted by atomic mass is 32.1. The number of para-hydroxylation sites is 3. The van der Waals surface area contributed by atoms with Gasteiger partial charge in [0.05, 0.1) is 54.0 Å². The number of imidazole rings is 1. The topological polar surface area (TPSA) is 332 Å². The molecule has 18 heteroatoms. The first-order chi connectivity index (χ1) is 37.6. The predicted octanol–water partition coefficient (Wildman–Crippen LogP) is 10.1. The summed E-state index contributed by atoms with van der Waals surface area (Å²) in [5.41, 5.74) is 44.3. The zero-order valence-electron chi connectivity index (χ0n) is 49.1. The summed E-state index contributed by atoms with van der Waals surface area (Å²) in [4.78, 5) is 20.1. The van der Waals surface area contributed by atoms with Gasteiger partial charge in [0.15, 0.2) is 0 Å². The van der Waals surface area contributed by atoms with Gasteiger partial charge in [-0.3, -0.25) is 9.98 Å². The van der Waals surface area contributed by atoms with Gasteiger partial charge in [-0.25, -0.2) is 15.0 Å². The van der Waals surface area contributed by atoms with E-state index in [0.29, 0.717) is 23.6 Å². The number of anilines is 3. The molecule has 0 aliphatic carbocycles. The van der Waals surface area contributed by atoms with Crippen LogP contribution in [0.5, 0.6) is 11.5 Å². The van der Waals surface area contributed by atoms with Gasteiger partial charge >= 0.3 is 0 Å². The van der Waals surface area contributed by atoms with Crippen molar-refractivity contribution in [1.82, 2.24) is 24.5 Å². The Kier molecular flexibility index (Phi) is 53.7. The van der Waals surface area contributed by atoms with E-state index < -0.39 is 5.54 Å². The molecule has 3 aromatic heterocycles. The summed E-state index contributed by atoms with van der Waals surface area (Å²) < 4.78 is 1.89. The number of thiol groups is 1. The van der Waals surface area contributed by atoms with Gasteiger partial charge in [-0.2, -0.15) is 0 Å². The molecule has 79 heavy (non-hydrogen) atoms. The second-order valence-electron chi connectivity index (χ2n) is 17.0. The van der Waals surface area contributed by atoms with E-state index in [2.05, 4.69) is 58.3 Å². The molecule has 1 aliphatic rings. The van der Waals surface area contributed by atoms with Crippen molar-refractivity contribution in [3.05, 3.63) is 193 Å². The van der Waals surface area contributed by atoms with Gasteiger partial charge in [-0.1, -0.05) is 107 Å². The Hall–Kier alpha value is -7.16. The zero-order chi connectivity index (χ0) is 60.7. The van der Waals surface area contributed by atoms with E-state index in [1.165, 1.54) is 11.9 Å². The number of aliphatic imine (C=N–C) groups is 1. The van der Waals surface area contributed by atoms with Crippen LogP contribution >= 0.6 is 12.6 Å². The van der Waals surface area contributed by atoms with Crippen LogP contribution in [0.3, 0.4) is 0 Å². The minimum absolute atomic E-state index is 0.153. The maximum Gasteiger partial charge on any atom is 0.118 e. The molecule has 0 radical (unpaired) electrons. The number of benzene rings is 4. The van der Waals surface area contributed by atoms with Crippen molar-refractivity contribution in [2.45, 2.75) is 112 Å². The van der Waals surface area contributed by atoms with Gasteiger partial charge in [0.2, 0.25) is 0 Å². The molecule has 0 amide bonds. The minimum atomic E-state index is -0.764. The maximum atomic E-state index is 8.92. The van der Waals surface area contributed by atoms with Crippen LogP contribution < -0.4 is 40.1 Å². The minimum Gasteiger partial charge on any atom is -0.508 e. The predicted molar refractivity (Wildman–Crippen MR) is 339 cm³/mol. The van der Waals surface area contributed by atoms with Crippen LogP contribution in [0.2, 0.25) is 0 Å². The SMILES string of the molecule is C1=CN=CC1.CCC(N)(CO)CO.CCCN.CCCN.CCCN.Cc1ccccc1N.Cc1ccccc1O.Cc1ccccc1O.Cc1ccccc1S.Cc1ncccc1N.Cc1ncncc1N.Cn1ccnc1. The lowest BCUT2D eigenvalue weighted by atomic mass is 10.0. The third-order valence-corrected chi connectivity index (χ3v) is 10.4. The standard InChI is InChI=1S/C7H9N.2C7H8O.C7H8S.C6H8N2.C5H7N3.C5H13NO2.C4H6N2.C4H5N.3C3H9N/c4*1-6-4-2-3-5-7(6)8;1-5-6(7)3-2-4-8-5;1-4-5(6)2-7-3-8-4;1-2-5(6,3-7)4-8;1-6-3-2-5-4-6;1-2-4-5-3-1;3*1-2-3-4/h2-5H,8H2,1H3;3*2-5,8H,1H3;2-4H,7H2,1H3;2-3H,6H2,1H3;7-8H,2-4,6H2,1H3;2-4H,1H3;1,3-4H,2H2;3*2-4H2,1H3. The molecule has 4 heterocycles. The summed E-state index contributed by atoms with van der Waals surface area (Å²) in [7, 11) is 1.94. The normalized spacial score (nSPS) is 9.70. The third kappa shape index (κ3) is 48.9. The Morgan fingerprint density at radius 2 is 1.01 bits per heavy atom. The molecule has 17 nitrogen and oxygen atoms in total. The smallest absolute Gasteiger partial charge is 0.118 e. The number of aliphatic hydroxyl groups excluding tert-OH is 2. The Labute approximate surface area is 479 Å². The highest BCUT2D eigenvalue weighted by Crippen LogP contribution is 2.13. The number of nitrogen functional groups attached to an aromatic ring is 3. The second-order valence-corrected chi connectivity index (χ2v) is 17.5. The van der Waals surface area contributed by atoms with Crippen molar-refractivity contribution in [3.8, 4) is 11.5 Å². The molecule has 0 bridgehead atoms. The Morgan fingerprint density at radius 3 is 1.20 bits per heavy atom. The number of hydrogen-bond donors (Lipinski definition) is 12. The number of aliphatic hydroxyl groups is 2. The first-order valence-electron chi connectivity index (χ1n) is 26.1. The number of phenols is 2. The summed E-state index contributed by atoms with van der Waals surface area (Å²) in [6, 6.07) is 34.0. The number of aromatic nitrogens is 5. The number of hydrogen-bond acceptors (Lipinski definition) is 17. The number of phenolic OH excluding ortho intramolecular Hbond substituents is 2. The van der Waals surface area contributed by atoms with Crippen molar-refractivity contribution in [2.24, 2.45) is 35.0 Å². The van der Waals surface area contributed by atoms with Crippen LogP contribution in [0.15, 0.2) is 169 Å². The monoisotopic (exact) mass is 1110 g/mol. The van der Waals surface area contributed by atoms with E-state index >= 15 is 0 Å². The first-order valence-corrected chi connectivity index (χ1v) is 26.5. The first kappa shape index (κ1) is 78.3. The summed E-state index contributed by atoms with van der Waals surface area (Å²) >= 11 is 4.20. The largest absolute Gasteiger partial charge is 0.508 e.